The fourth-order valence-electron chi connectivity index (χ4n) is 3.62. The van der Waals surface area contributed by atoms with Gasteiger partial charge in [0, 0.05) is 44.6 Å². The molecule has 6 nitrogen and oxygen atoms in total. The molecule has 0 saturated carbocycles. The summed E-state index contributed by atoms with van der Waals surface area (Å²) in [6, 6.07) is 17.4. The van der Waals surface area contributed by atoms with E-state index in [0.29, 0.717) is 32.5 Å². The van der Waals surface area contributed by atoms with E-state index >= 15 is 0 Å². The van der Waals surface area contributed by atoms with E-state index in [4.69, 9.17) is 5.11 Å². The normalized spacial score (nSPS) is 13.1. The fraction of sp³-hybridized carbons (Fsp3) is 0.348. The van der Waals surface area contributed by atoms with Gasteiger partial charge in [0.25, 0.3) is 0 Å². The Bertz CT molecular complexity index is 866. The average molecular weight is 394 g/mol. The molecule has 0 aromatic heterocycles. The van der Waals surface area contributed by atoms with Gasteiger partial charge in [0.15, 0.2) is 0 Å². The highest BCUT2D eigenvalue weighted by Gasteiger charge is 2.25. The molecule has 1 N–H and O–H groups in total. The van der Waals surface area contributed by atoms with Crippen LogP contribution in [0.5, 0.6) is 0 Å². The molecule has 0 unspecified atom stereocenters. The molecule has 1 heterocycles. The number of nitrogens with zero attached hydrogens (tertiary/aromatic N) is 2. The summed E-state index contributed by atoms with van der Waals surface area (Å²) in [7, 11) is 0. The molecule has 0 bridgehead atoms. The van der Waals surface area contributed by atoms with Crippen LogP contribution >= 0.6 is 0 Å². The summed E-state index contributed by atoms with van der Waals surface area (Å²) in [6.07, 6.45) is 1.82. The molecule has 2 aromatic rings. The number of hydrogen-bond donors (Lipinski definition) is 1. The number of anilines is 1. The molecule has 1 aliphatic heterocycles. The van der Waals surface area contributed by atoms with Crippen molar-refractivity contribution in [1.29, 1.82) is 0 Å². The van der Waals surface area contributed by atoms with Crippen molar-refractivity contribution in [3.8, 4) is 0 Å². The summed E-state index contributed by atoms with van der Waals surface area (Å²) in [6.45, 7) is 1.15. The van der Waals surface area contributed by atoms with Crippen LogP contribution in [0.25, 0.3) is 0 Å². The number of carbonyl (C=O) groups is 3. The van der Waals surface area contributed by atoms with Crippen LogP contribution in [0.2, 0.25) is 0 Å². The molecule has 6 heteroatoms. The molecule has 29 heavy (non-hydrogen) atoms. The Morgan fingerprint density at radius 1 is 0.966 bits per heavy atom. The van der Waals surface area contributed by atoms with Crippen LogP contribution in [0.1, 0.15) is 36.8 Å². The number of rotatable bonds is 9. The molecule has 1 aliphatic rings. The molecule has 0 atom stereocenters. The zero-order valence-electron chi connectivity index (χ0n) is 16.4. The van der Waals surface area contributed by atoms with Gasteiger partial charge >= 0.3 is 5.97 Å². The Hall–Kier alpha value is -3.15. The first-order valence-corrected chi connectivity index (χ1v) is 9.96. The Kier molecular flexibility index (Phi) is 7.00. The van der Waals surface area contributed by atoms with Crippen molar-refractivity contribution in [2.24, 2.45) is 0 Å². The van der Waals surface area contributed by atoms with Crippen molar-refractivity contribution in [1.82, 2.24) is 4.90 Å². The summed E-state index contributed by atoms with van der Waals surface area (Å²) < 4.78 is 0. The summed E-state index contributed by atoms with van der Waals surface area (Å²) in [4.78, 5) is 39.6. The molecule has 3 rings (SSSR count). The van der Waals surface area contributed by atoms with Crippen molar-refractivity contribution >= 4 is 23.5 Å². The van der Waals surface area contributed by atoms with Gasteiger partial charge in [-0.25, -0.2) is 0 Å². The minimum absolute atomic E-state index is 0.0244. The lowest BCUT2D eigenvalue weighted by atomic mass is 10.0. The third kappa shape index (κ3) is 5.67. The van der Waals surface area contributed by atoms with Gasteiger partial charge < -0.3 is 14.9 Å². The molecule has 2 amide bonds. The average Bonchev–Trinajstić information content (AvgIpc) is 2.72. The van der Waals surface area contributed by atoms with E-state index in [2.05, 4.69) is 0 Å². The summed E-state index contributed by atoms with van der Waals surface area (Å²) in [5.74, 6) is -0.903. The molecule has 0 saturated heterocycles. The van der Waals surface area contributed by atoms with E-state index in [1.807, 2.05) is 54.6 Å². The van der Waals surface area contributed by atoms with Gasteiger partial charge in [-0.15, -0.1) is 0 Å². The van der Waals surface area contributed by atoms with Crippen LogP contribution in [0.4, 0.5) is 5.69 Å². The second kappa shape index (κ2) is 9.87. The smallest absolute Gasteiger partial charge is 0.303 e. The van der Waals surface area contributed by atoms with Crippen LogP contribution < -0.4 is 4.90 Å². The molecule has 0 radical (unpaired) electrons. The van der Waals surface area contributed by atoms with E-state index in [0.717, 1.165) is 23.2 Å². The number of aliphatic carboxylic acids is 1. The number of fused-ring (bicyclic) bond motifs is 1. The number of carboxylic acid groups (broad SMARTS) is 1. The number of hydrogen-bond acceptors (Lipinski definition) is 3. The number of carboxylic acids is 1. The van der Waals surface area contributed by atoms with Crippen molar-refractivity contribution < 1.29 is 19.5 Å². The second-order valence-corrected chi connectivity index (χ2v) is 7.22. The first-order valence-electron chi connectivity index (χ1n) is 9.96. The quantitative estimate of drug-likeness (QED) is 0.708. The zero-order valence-corrected chi connectivity index (χ0v) is 16.4. The zero-order chi connectivity index (χ0) is 20.6. The van der Waals surface area contributed by atoms with Gasteiger partial charge in [-0.3, -0.25) is 14.4 Å². The van der Waals surface area contributed by atoms with Gasteiger partial charge in [-0.05, 0) is 30.0 Å². The lowest BCUT2D eigenvalue weighted by Crippen LogP contribution is -2.39. The summed E-state index contributed by atoms with van der Waals surface area (Å²) >= 11 is 0. The fourth-order valence-corrected chi connectivity index (χ4v) is 3.62. The SMILES string of the molecule is O=C(O)CCCN(Cc1ccccc1)C(=O)CCN1C(=O)CCc2ccccc21. The highest BCUT2D eigenvalue weighted by atomic mass is 16.4. The Balaban J connectivity index is 1.65. The van der Waals surface area contributed by atoms with Gasteiger partial charge in [0.1, 0.15) is 0 Å². The van der Waals surface area contributed by atoms with Gasteiger partial charge in [-0.2, -0.15) is 0 Å². The summed E-state index contributed by atoms with van der Waals surface area (Å²) in [5, 5.41) is 8.90. The highest BCUT2D eigenvalue weighted by molar-refractivity contribution is 5.97. The minimum atomic E-state index is -0.868. The Morgan fingerprint density at radius 3 is 2.45 bits per heavy atom. The van der Waals surface area contributed by atoms with Crippen molar-refractivity contribution in [2.45, 2.75) is 38.6 Å². The van der Waals surface area contributed by atoms with Crippen LogP contribution in [0.3, 0.4) is 0 Å². The second-order valence-electron chi connectivity index (χ2n) is 7.22. The maximum absolute atomic E-state index is 12.9. The largest absolute Gasteiger partial charge is 0.481 e. The number of aryl methyl sites for hydroxylation is 1. The van der Waals surface area contributed by atoms with Crippen molar-refractivity contribution in [3.05, 3.63) is 65.7 Å². The first-order chi connectivity index (χ1) is 14.0. The standard InChI is InChI=1S/C23H26N2O4/c26-21(14-16-25-20-10-5-4-9-19(20)12-13-22(25)27)24(15-6-11-23(28)29)17-18-7-2-1-3-8-18/h1-5,7-10H,6,11-17H2,(H,28,29). The van der Waals surface area contributed by atoms with Crippen molar-refractivity contribution in [3.63, 3.8) is 0 Å². The van der Waals surface area contributed by atoms with Gasteiger partial charge in [-0.1, -0.05) is 48.5 Å². The molecular formula is C23H26N2O4. The lowest BCUT2D eigenvalue weighted by molar-refractivity contribution is -0.138. The topological polar surface area (TPSA) is 77.9 Å². The molecule has 0 spiro atoms. The molecule has 0 aliphatic carbocycles. The summed E-state index contributed by atoms with van der Waals surface area (Å²) in [5.41, 5.74) is 3.01. The van der Waals surface area contributed by atoms with Crippen LogP contribution in [-0.2, 0) is 27.3 Å². The number of carbonyl (C=O) groups excluding carboxylic acids is 2. The number of benzene rings is 2. The van der Waals surface area contributed by atoms with Crippen LogP contribution in [0, 0.1) is 0 Å². The van der Waals surface area contributed by atoms with E-state index in [9.17, 15) is 14.4 Å². The molecule has 2 aromatic carbocycles. The van der Waals surface area contributed by atoms with Gasteiger partial charge in [0.2, 0.25) is 11.8 Å². The lowest BCUT2D eigenvalue weighted by Gasteiger charge is -2.30. The van der Waals surface area contributed by atoms with E-state index in [1.54, 1.807) is 9.80 Å². The highest BCUT2D eigenvalue weighted by Crippen LogP contribution is 2.27. The Labute approximate surface area is 170 Å². The van der Waals surface area contributed by atoms with Crippen LogP contribution in [0.15, 0.2) is 54.6 Å². The maximum atomic E-state index is 12.9. The third-order valence-electron chi connectivity index (χ3n) is 5.13. The molecule has 152 valence electrons. The predicted molar refractivity (Wildman–Crippen MR) is 110 cm³/mol. The van der Waals surface area contributed by atoms with E-state index < -0.39 is 5.97 Å². The third-order valence-corrected chi connectivity index (χ3v) is 5.13. The van der Waals surface area contributed by atoms with E-state index in [-0.39, 0.29) is 24.7 Å². The first kappa shape index (κ1) is 20.6. The van der Waals surface area contributed by atoms with E-state index in [1.165, 1.54) is 0 Å². The van der Waals surface area contributed by atoms with Crippen molar-refractivity contribution in [2.75, 3.05) is 18.0 Å². The predicted octanol–water partition coefficient (Wildman–Crippen LogP) is 3.25. The van der Waals surface area contributed by atoms with Gasteiger partial charge in [0.05, 0.1) is 0 Å². The molecule has 0 fully saturated rings. The minimum Gasteiger partial charge on any atom is -0.481 e. The number of para-hydroxylation sites is 1. The molecular weight excluding hydrogens is 368 g/mol. The van der Waals surface area contributed by atoms with Crippen LogP contribution in [-0.4, -0.2) is 40.9 Å². The number of amides is 2. The monoisotopic (exact) mass is 394 g/mol. The maximum Gasteiger partial charge on any atom is 0.303 e. The Morgan fingerprint density at radius 2 is 1.69 bits per heavy atom.